The SMILES string of the molecule is CCC(C)NC(=O)c1ccc(C(=O)NCc2cccc(C)c2)cc1. The van der Waals surface area contributed by atoms with Crippen molar-refractivity contribution in [2.45, 2.75) is 39.8 Å². The van der Waals surface area contributed by atoms with Crippen molar-refractivity contribution in [3.63, 3.8) is 0 Å². The molecule has 2 N–H and O–H groups in total. The Morgan fingerprint density at radius 2 is 1.62 bits per heavy atom. The van der Waals surface area contributed by atoms with Gasteiger partial charge in [-0.25, -0.2) is 0 Å². The van der Waals surface area contributed by atoms with E-state index >= 15 is 0 Å². The second-order valence-electron chi connectivity index (χ2n) is 6.03. The molecule has 4 nitrogen and oxygen atoms in total. The van der Waals surface area contributed by atoms with Gasteiger partial charge < -0.3 is 10.6 Å². The van der Waals surface area contributed by atoms with Gasteiger partial charge in [-0.05, 0) is 50.1 Å². The summed E-state index contributed by atoms with van der Waals surface area (Å²) in [4.78, 5) is 24.2. The first kappa shape index (κ1) is 17.7. The number of amides is 2. The first-order chi connectivity index (χ1) is 11.5. The lowest BCUT2D eigenvalue weighted by Crippen LogP contribution is -2.32. The summed E-state index contributed by atoms with van der Waals surface area (Å²) in [5.41, 5.74) is 3.33. The predicted molar refractivity (Wildman–Crippen MR) is 96.0 cm³/mol. The minimum absolute atomic E-state index is 0.115. The fourth-order valence-electron chi connectivity index (χ4n) is 2.29. The number of carbonyl (C=O) groups is 2. The maximum absolute atomic E-state index is 12.2. The normalized spacial score (nSPS) is 11.6. The van der Waals surface area contributed by atoms with Gasteiger partial charge in [-0.1, -0.05) is 36.8 Å². The summed E-state index contributed by atoms with van der Waals surface area (Å²) in [5, 5.41) is 5.80. The molecular weight excluding hydrogens is 300 g/mol. The summed E-state index contributed by atoms with van der Waals surface area (Å²) in [6, 6.07) is 14.9. The van der Waals surface area contributed by atoms with Crippen molar-refractivity contribution >= 4 is 11.8 Å². The number of rotatable bonds is 6. The number of aryl methyl sites for hydroxylation is 1. The molecule has 0 radical (unpaired) electrons. The standard InChI is InChI=1S/C20H24N2O2/c1-4-15(3)22-20(24)18-10-8-17(9-11-18)19(23)21-13-16-7-5-6-14(2)12-16/h5-12,15H,4,13H2,1-3H3,(H,21,23)(H,22,24). The average Bonchev–Trinajstić information content (AvgIpc) is 2.59. The van der Waals surface area contributed by atoms with Gasteiger partial charge in [0, 0.05) is 23.7 Å². The van der Waals surface area contributed by atoms with Crippen LogP contribution >= 0.6 is 0 Å². The molecule has 0 spiro atoms. The van der Waals surface area contributed by atoms with Crippen LogP contribution in [0, 0.1) is 6.92 Å². The van der Waals surface area contributed by atoms with Crippen molar-refractivity contribution in [1.82, 2.24) is 10.6 Å². The number of carbonyl (C=O) groups excluding carboxylic acids is 2. The Morgan fingerprint density at radius 3 is 2.21 bits per heavy atom. The average molecular weight is 324 g/mol. The number of benzene rings is 2. The van der Waals surface area contributed by atoms with E-state index in [0.29, 0.717) is 17.7 Å². The molecule has 0 heterocycles. The van der Waals surface area contributed by atoms with Crippen LogP contribution in [0.1, 0.15) is 52.1 Å². The highest BCUT2D eigenvalue weighted by molar-refractivity contribution is 5.97. The van der Waals surface area contributed by atoms with Crippen LogP contribution in [-0.4, -0.2) is 17.9 Å². The number of hydrogen-bond donors (Lipinski definition) is 2. The Kier molecular flexibility index (Phi) is 6.13. The van der Waals surface area contributed by atoms with Crippen molar-refractivity contribution in [1.29, 1.82) is 0 Å². The Morgan fingerprint density at radius 1 is 1.00 bits per heavy atom. The molecule has 2 aromatic carbocycles. The minimum Gasteiger partial charge on any atom is -0.350 e. The molecule has 1 unspecified atom stereocenters. The van der Waals surface area contributed by atoms with Crippen LogP contribution in [0.15, 0.2) is 48.5 Å². The van der Waals surface area contributed by atoms with Gasteiger partial charge in [-0.15, -0.1) is 0 Å². The molecule has 2 amide bonds. The van der Waals surface area contributed by atoms with E-state index in [1.807, 2.05) is 45.0 Å². The molecule has 24 heavy (non-hydrogen) atoms. The highest BCUT2D eigenvalue weighted by Crippen LogP contribution is 2.07. The van der Waals surface area contributed by atoms with E-state index in [0.717, 1.165) is 12.0 Å². The van der Waals surface area contributed by atoms with Crippen LogP contribution in [0.4, 0.5) is 0 Å². The molecule has 4 heteroatoms. The monoisotopic (exact) mass is 324 g/mol. The summed E-state index contributed by atoms with van der Waals surface area (Å²) in [6.07, 6.45) is 0.880. The summed E-state index contributed by atoms with van der Waals surface area (Å²) in [6.45, 7) is 6.49. The van der Waals surface area contributed by atoms with Crippen molar-refractivity contribution in [2.24, 2.45) is 0 Å². The summed E-state index contributed by atoms with van der Waals surface area (Å²) < 4.78 is 0. The van der Waals surface area contributed by atoms with Gasteiger partial charge in [0.2, 0.25) is 0 Å². The minimum atomic E-state index is -0.148. The molecule has 1 atom stereocenters. The fourth-order valence-corrected chi connectivity index (χ4v) is 2.29. The van der Waals surface area contributed by atoms with Crippen molar-refractivity contribution in [3.05, 3.63) is 70.8 Å². The molecule has 0 aliphatic heterocycles. The van der Waals surface area contributed by atoms with Crippen LogP contribution in [0.2, 0.25) is 0 Å². The van der Waals surface area contributed by atoms with Crippen molar-refractivity contribution in [3.8, 4) is 0 Å². The fraction of sp³-hybridized carbons (Fsp3) is 0.300. The van der Waals surface area contributed by atoms with Gasteiger partial charge in [-0.3, -0.25) is 9.59 Å². The van der Waals surface area contributed by atoms with Gasteiger partial charge in [0.1, 0.15) is 0 Å². The molecule has 126 valence electrons. The molecule has 2 aromatic rings. The number of hydrogen-bond acceptors (Lipinski definition) is 2. The maximum Gasteiger partial charge on any atom is 0.251 e. The van der Waals surface area contributed by atoms with Gasteiger partial charge in [0.15, 0.2) is 0 Å². The molecule has 0 fully saturated rings. The number of nitrogens with one attached hydrogen (secondary N) is 2. The molecule has 2 rings (SSSR count). The third kappa shape index (κ3) is 4.95. The van der Waals surface area contributed by atoms with Crippen molar-refractivity contribution in [2.75, 3.05) is 0 Å². The largest absolute Gasteiger partial charge is 0.350 e. The Balaban J connectivity index is 1.94. The quantitative estimate of drug-likeness (QED) is 0.855. The van der Waals surface area contributed by atoms with E-state index in [9.17, 15) is 9.59 Å². The summed E-state index contributed by atoms with van der Waals surface area (Å²) in [5.74, 6) is -0.263. The second kappa shape index (κ2) is 8.29. The Hall–Kier alpha value is -2.62. The molecule has 0 bridgehead atoms. The maximum atomic E-state index is 12.2. The van der Waals surface area contributed by atoms with Crippen LogP contribution in [-0.2, 0) is 6.54 Å². The Labute approximate surface area is 143 Å². The van der Waals surface area contributed by atoms with Gasteiger partial charge in [0.25, 0.3) is 11.8 Å². The first-order valence-electron chi connectivity index (χ1n) is 8.24. The zero-order chi connectivity index (χ0) is 17.5. The van der Waals surface area contributed by atoms with Crippen LogP contribution in [0.5, 0.6) is 0 Å². The summed E-state index contributed by atoms with van der Waals surface area (Å²) in [7, 11) is 0. The molecule has 0 saturated carbocycles. The van der Waals surface area contributed by atoms with Crippen LogP contribution in [0.3, 0.4) is 0 Å². The van der Waals surface area contributed by atoms with E-state index in [1.165, 1.54) is 5.56 Å². The van der Waals surface area contributed by atoms with E-state index < -0.39 is 0 Å². The van der Waals surface area contributed by atoms with Crippen LogP contribution in [0.25, 0.3) is 0 Å². The van der Waals surface area contributed by atoms with E-state index in [-0.39, 0.29) is 17.9 Å². The molecule has 0 aliphatic carbocycles. The van der Waals surface area contributed by atoms with Crippen molar-refractivity contribution < 1.29 is 9.59 Å². The topological polar surface area (TPSA) is 58.2 Å². The van der Waals surface area contributed by atoms with Crippen LogP contribution < -0.4 is 10.6 Å². The van der Waals surface area contributed by atoms with E-state index in [4.69, 9.17) is 0 Å². The van der Waals surface area contributed by atoms with E-state index in [2.05, 4.69) is 10.6 Å². The smallest absolute Gasteiger partial charge is 0.251 e. The molecule has 0 aromatic heterocycles. The van der Waals surface area contributed by atoms with E-state index in [1.54, 1.807) is 24.3 Å². The lowest BCUT2D eigenvalue weighted by Gasteiger charge is -2.11. The highest BCUT2D eigenvalue weighted by Gasteiger charge is 2.10. The lowest BCUT2D eigenvalue weighted by molar-refractivity contribution is 0.0931. The molecule has 0 aliphatic rings. The Bertz CT molecular complexity index is 708. The molecule has 0 saturated heterocycles. The summed E-state index contributed by atoms with van der Waals surface area (Å²) >= 11 is 0. The second-order valence-corrected chi connectivity index (χ2v) is 6.03. The van der Waals surface area contributed by atoms with Gasteiger partial charge >= 0.3 is 0 Å². The molecular formula is C20H24N2O2. The lowest BCUT2D eigenvalue weighted by atomic mass is 10.1. The third-order valence-electron chi connectivity index (χ3n) is 3.93. The first-order valence-corrected chi connectivity index (χ1v) is 8.24. The zero-order valence-corrected chi connectivity index (χ0v) is 14.4. The zero-order valence-electron chi connectivity index (χ0n) is 14.4. The van der Waals surface area contributed by atoms with Gasteiger partial charge in [-0.2, -0.15) is 0 Å². The predicted octanol–water partition coefficient (Wildman–Crippen LogP) is 3.45. The van der Waals surface area contributed by atoms with Gasteiger partial charge in [0.05, 0.1) is 0 Å². The highest BCUT2D eigenvalue weighted by atomic mass is 16.2. The third-order valence-corrected chi connectivity index (χ3v) is 3.93.